The van der Waals surface area contributed by atoms with E-state index in [-0.39, 0.29) is 5.91 Å². The Morgan fingerprint density at radius 3 is 2.58 bits per heavy atom. The van der Waals surface area contributed by atoms with E-state index in [0.29, 0.717) is 36.9 Å². The van der Waals surface area contributed by atoms with E-state index in [2.05, 4.69) is 25.3 Å². The first-order chi connectivity index (χ1) is 15.0. The van der Waals surface area contributed by atoms with Gasteiger partial charge in [-0.2, -0.15) is 5.10 Å². The van der Waals surface area contributed by atoms with E-state index in [0.717, 1.165) is 41.5 Å². The first-order valence-corrected chi connectivity index (χ1v) is 10.6. The topological polar surface area (TPSA) is 85.2 Å². The number of carbonyl (C=O) groups is 1. The van der Waals surface area contributed by atoms with Crippen molar-refractivity contribution in [3.63, 3.8) is 0 Å². The van der Waals surface area contributed by atoms with Crippen LogP contribution in [0, 0.1) is 13.8 Å². The van der Waals surface area contributed by atoms with Crippen LogP contribution in [0.25, 0.3) is 5.82 Å². The second kappa shape index (κ2) is 9.45. The maximum absolute atomic E-state index is 12.4. The minimum atomic E-state index is -0.0505. The Morgan fingerprint density at radius 1 is 1.13 bits per heavy atom. The lowest BCUT2D eigenvalue weighted by molar-refractivity contribution is -0.116. The van der Waals surface area contributed by atoms with Gasteiger partial charge in [0.15, 0.2) is 5.82 Å². The molecule has 1 aromatic carbocycles. The molecule has 0 atom stereocenters. The predicted octanol–water partition coefficient (Wildman–Crippen LogP) is 3.34. The van der Waals surface area contributed by atoms with Gasteiger partial charge < -0.3 is 15.0 Å². The fourth-order valence-electron chi connectivity index (χ4n) is 3.67. The van der Waals surface area contributed by atoms with Gasteiger partial charge in [0.25, 0.3) is 0 Å². The van der Waals surface area contributed by atoms with Crippen molar-refractivity contribution in [2.45, 2.75) is 26.7 Å². The molecule has 8 nitrogen and oxygen atoms in total. The standard InChI is InChI=1S/C22H25ClN6O2/c1-15-19(7-8-22(30)26-18-5-3-17(23)4-6-18)16(2)29(27-15)21-13-20(24-14-25-21)28-9-11-31-12-10-28/h3-6,13-14H,7-12H2,1-2H3,(H,26,30). The van der Waals surface area contributed by atoms with Gasteiger partial charge in [-0.3, -0.25) is 4.79 Å². The third kappa shape index (κ3) is 5.03. The minimum absolute atomic E-state index is 0.0505. The predicted molar refractivity (Wildman–Crippen MR) is 120 cm³/mol. The molecule has 4 rings (SSSR count). The number of carbonyl (C=O) groups excluding carboxylic acids is 1. The van der Waals surface area contributed by atoms with Crippen molar-refractivity contribution in [1.29, 1.82) is 0 Å². The number of rotatable bonds is 6. The highest BCUT2D eigenvalue weighted by atomic mass is 35.5. The van der Waals surface area contributed by atoms with Crippen molar-refractivity contribution in [1.82, 2.24) is 19.7 Å². The molecule has 0 spiro atoms. The van der Waals surface area contributed by atoms with Gasteiger partial charge in [0.05, 0.1) is 18.9 Å². The molecule has 9 heteroatoms. The molecule has 0 aliphatic carbocycles. The van der Waals surface area contributed by atoms with Gasteiger partial charge in [-0.05, 0) is 50.1 Å². The average molecular weight is 441 g/mol. The molecule has 1 saturated heterocycles. The number of morpholine rings is 1. The fourth-order valence-corrected chi connectivity index (χ4v) is 3.80. The third-order valence-electron chi connectivity index (χ3n) is 5.36. The fraction of sp³-hybridized carbons (Fsp3) is 0.364. The van der Waals surface area contributed by atoms with E-state index in [4.69, 9.17) is 16.3 Å². The maximum Gasteiger partial charge on any atom is 0.224 e. The Bertz CT molecular complexity index is 1060. The SMILES string of the molecule is Cc1nn(-c2cc(N3CCOCC3)ncn2)c(C)c1CCC(=O)Nc1ccc(Cl)cc1. The number of anilines is 2. The summed E-state index contributed by atoms with van der Waals surface area (Å²) >= 11 is 5.89. The molecule has 1 aliphatic rings. The number of hydrogen-bond donors (Lipinski definition) is 1. The van der Waals surface area contributed by atoms with Crippen LogP contribution in [0.1, 0.15) is 23.4 Å². The summed E-state index contributed by atoms with van der Waals surface area (Å²) < 4.78 is 7.25. The summed E-state index contributed by atoms with van der Waals surface area (Å²) in [6.07, 6.45) is 2.52. The Kier molecular flexibility index (Phi) is 6.48. The highest BCUT2D eigenvalue weighted by Gasteiger charge is 2.18. The average Bonchev–Trinajstić information content (AvgIpc) is 3.08. The lowest BCUT2D eigenvalue weighted by Crippen LogP contribution is -2.36. The van der Waals surface area contributed by atoms with E-state index >= 15 is 0 Å². The quantitative estimate of drug-likeness (QED) is 0.632. The molecule has 0 saturated carbocycles. The number of amides is 1. The first-order valence-electron chi connectivity index (χ1n) is 10.3. The van der Waals surface area contributed by atoms with Crippen LogP contribution in [-0.2, 0) is 16.0 Å². The smallest absolute Gasteiger partial charge is 0.224 e. The molecule has 3 aromatic rings. The molecule has 1 fully saturated rings. The molecule has 1 amide bonds. The molecule has 1 aliphatic heterocycles. The van der Waals surface area contributed by atoms with Crippen LogP contribution >= 0.6 is 11.6 Å². The Balaban J connectivity index is 1.46. The zero-order valence-corrected chi connectivity index (χ0v) is 18.4. The second-order valence-corrected chi connectivity index (χ2v) is 7.89. The Labute approximate surface area is 186 Å². The number of aromatic nitrogens is 4. The van der Waals surface area contributed by atoms with Crippen LogP contribution in [0.5, 0.6) is 0 Å². The van der Waals surface area contributed by atoms with Crippen LogP contribution in [0.3, 0.4) is 0 Å². The molecule has 162 valence electrons. The number of hydrogen-bond acceptors (Lipinski definition) is 6. The zero-order chi connectivity index (χ0) is 21.8. The summed E-state index contributed by atoms with van der Waals surface area (Å²) in [4.78, 5) is 23.4. The summed E-state index contributed by atoms with van der Waals surface area (Å²) in [5.74, 6) is 1.53. The summed E-state index contributed by atoms with van der Waals surface area (Å²) in [6, 6.07) is 9.03. The highest BCUT2D eigenvalue weighted by Crippen LogP contribution is 2.21. The van der Waals surface area contributed by atoms with Gasteiger partial charge >= 0.3 is 0 Å². The molecule has 0 radical (unpaired) electrons. The summed E-state index contributed by atoms with van der Waals surface area (Å²) in [5, 5.41) is 8.21. The normalized spacial score (nSPS) is 14.0. The molecular weight excluding hydrogens is 416 g/mol. The first kappa shape index (κ1) is 21.3. The van der Waals surface area contributed by atoms with Crippen molar-refractivity contribution >= 4 is 29.0 Å². The van der Waals surface area contributed by atoms with Crippen molar-refractivity contribution in [2.24, 2.45) is 0 Å². The van der Waals surface area contributed by atoms with Gasteiger partial charge in [0.1, 0.15) is 12.1 Å². The third-order valence-corrected chi connectivity index (χ3v) is 5.61. The van der Waals surface area contributed by atoms with Crippen LogP contribution < -0.4 is 10.2 Å². The lowest BCUT2D eigenvalue weighted by Gasteiger charge is -2.27. The number of nitrogens with one attached hydrogen (secondary N) is 1. The number of ether oxygens (including phenoxy) is 1. The number of aryl methyl sites for hydroxylation is 1. The molecule has 31 heavy (non-hydrogen) atoms. The number of nitrogens with zero attached hydrogens (tertiary/aromatic N) is 5. The molecule has 2 aromatic heterocycles. The van der Waals surface area contributed by atoms with Crippen LogP contribution in [-0.4, -0.2) is 52.0 Å². The van der Waals surface area contributed by atoms with Gasteiger partial charge in [0.2, 0.25) is 5.91 Å². The summed E-state index contributed by atoms with van der Waals surface area (Å²) in [5.41, 5.74) is 3.65. The molecule has 3 heterocycles. The molecule has 1 N–H and O–H groups in total. The maximum atomic E-state index is 12.4. The van der Waals surface area contributed by atoms with Gasteiger partial charge in [0, 0.05) is 42.0 Å². The number of halogens is 1. The largest absolute Gasteiger partial charge is 0.378 e. The van der Waals surface area contributed by atoms with Crippen molar-refractivity contribution in [2.75, 3.05) is 36.5 Å². The van der Waals surface area contributed by atoms with Gasteiger partial charge in [-0.15, -0.1) is 0 Å². The van der Waals surface area contributed by atoms with E-state index in [1.165, 1.54) is 0 Å². The number of benzene rings is 1. The van der Waals surface area contributed by atoms with Crippen molar-refractivity contribution in [3.05, 3.63) is 58.6 Å². The van der Waals surface area contributed by atoms with E-state index < -0.39 is 0 Å². The van der Waals surface area contributed by atoms with E-state index in [1.807, 2.05) is 24.6 Å². The summed E-state index contributed by atoms with van der Waals surface area (Å²) in [7, 11) is 0. The van der Waals surface area contributed by atoms with E-state index in [1.54, 1.807) is 30.6 Å². The minimum Gasteiger partial charge on any atom is -0.378 e. The summed E-state index contributed by atoms with van der Waals surface area (Å²) in [6.45, 7) is 6.97. The van der Waals surface area contributed by atoms with Crippen LogP contribution in [0.2, 0.25) is 5.02 Å². The van der Waals surface area contributed by atoms with Crippen molar-refractivity contribution in [3.8, 4) is 5.82 Å². The monoisotopic (exact) mass is 440 g/mol. The van der Waals surface area contributed by atoms with Crippen LogP contribution in [0.4, 0.5) is 11.5 Å². The second-order valence-electron chi connectivity index (χ2n) is 7.45. The Hall–Kier alpha value is -2.97. The molecule has 0 unspecified atom stereocenters. The van der Waals surface area contributed by atoms with Gasteiger partial charge in [-0.25, -0.2) is 14.6 Å². The molecule has 0 bridgehead atoms. The molecular formula is C22H25ClN6O2. The lowest BCUT2D eigenvalue weighted by atomic mass is 10.1. The van der Waals surface area contributed by atoms with E-state index in [9.17, 15) is 4.79 Å². The van der Waals surface area contributed by atoms with Crippen LogP contribution in [0.15, 0.2) is 36.7 Å². The van der Waals surface area contributed by atoms with Gasteiger partial charge in [-0.1, -0.05) is 11.6 Å². The highest BCUT2D eigenvalue weighted by molar-refractivity contribution is 6.30. The van der Waals surface area contributed by atoms with Crippen molar-refractivity contribution < 1.29 is 9.53 Å². The Morgan fingerprint density at radius 2 is 1.84 bits per heavy atom. The zero-order valence-electron chi connectivity index (χ0n) is 17.6.